The van der Waals surface area contributed by atoms with Crippen LogP contribution in [0.15, 0.2) is 24.4 Å². The van der Waals surface area contributed by atoms with Gasteiger partial charge in [0.25, 0.3) is 0 Å². The number of nitrogens with one attached hydrogen (secondary N) is 1. The second kappa shape index (κ2) is 6.38. The van der Waals surface area contributed by atoms with Crippen molar-refractivity contribution in [1.82, 2.24) is 9.97 Å². The van der Waals surface area contributed by atoms with E-state index in [1.54, 1.807) is 24.4 Å². The fourth-order valence-corrected chi connectivity index (χ4v) is 3.52. The smallest absolute Gasteiger partial charge is 0.335 e. The number of carbonyl (C=O) groups is 1. The van der Waals surface area contributed by atoms with Crippen molar-refractivity contribution in [3.05, 3.63) is 30.0 Å². The van der Waals surface area contributed by atoms with Crippen molar-refractivity contribution in [3.8, 4) is 0 Å². The molecule has 0 unspecified atom stereocenters. The van der Waals surface area contributed by atoms with Crippen molar-refractivity contribution in [2.24, 2.45) is 11.3 Å². The van der Waals surface area contributed by atoms with E-state index in [1.165, 1.54) is 12.8 Å². The first-order chi connectivity index (χ1) is 11.3. The van der Waals surface area contributed by atoms with Crippen molar-refractivity contribution in [2.45, 2.75) is 52.5 Å². The minimum atomic E-state index is -0.935. The molecule has 0 spiro atoms. The van der Waals surface area contributed by atoms with E-state index in [9.17, 15) is 4.79 Å². The first kappa shape index (κ1) is 16.7. The van der Waals surface area contributed by atoms with Gasteiger partial charge in [0, 0.05) is 17.6 Å². The molecule has 0 saturated heterocycles. The van der Waals surface area contributed by atoms with E-state index in [0.717, 1.165) is 29.7 Å². The number of hydrogen-bond donors (Lipinski definition) is 2. The Hall–Kier alpha value is -2.17. The maximum Gasteiger partial charge on any atom is 0.335 e. The maximum absolute atomic E-state index is 11.0. The molecule has 128 valence electrons. The summed E-state index contributed by atoms with van der Waals surface area (Å²) in [6, 6.07) is 5.34. The first-order valence-corrected chi connectivity index (χ1v) is 8.59. The van der Waals surface area contributed by atoms with Crippen LogP contribution in [0.3, 0.4) is 0 Å². The van der Waals surface area contributed by atoms with Crippen LogP contribution in [-0.4, -0.2) is 27.1 Å². The Kier molecular flexibility index (Phi) is 4.43. The molecule has 1 fully saturated rings. The van der Waals surface area contributed by atoms with Crippen LogP contribution >= 0.6 is 0 Å². The molecule has 5 nitrogen and oxygen atoms in total. The third kappa shape index (κ3) is 3.66. The number of carboxylic acid groups (broad SMARTS) is 1. The average molecular weight is 327 g/mol. The zero-order chi connectivity index (χ0) is 17.3. The van der Waals surface area contributed by atoms with Gasteiger partial charge in [-0.15, -0.1) is 0 Å². The molecule has 0 amide bonds. The van der Waals surface area contributed by atoms with Gasteiger partial charge in [-0.3, -0.25) is 0 Å². The van der Waals surface area contributed by atoms with Gasteiger partial charge in [-0.25, -0.2) is 14.8 Å². The monoisotopic (exact) mass is 327 g/mol. The lowest BCUT2D eigenvalue weighted by Gasteiger charge is -2.37. The lowest BCUT2D eigenvalue weighted by Crippen LogP contribution is -2.32. The van der Waals surface area contributed by atoms with E-state index >= 15 is 0 Å². The molecule has 0 bridgehead atoms. The molecule has 24 heavy (non-hydrogen) atoms. The number of nitrogens with zero attached hydrogens (tertiary/aromatic N) is 2. The third-order valence-corrected chi connectivity index (χ3v) is 5.11. The molecule has 1 aromatic carbocycles. The highest BCUT2D eigenvalue weighted by molar-refractivity contribution is 5.93. The topological polar surface area (TPSA) is 75.1 Å². The molecule has 1 aliphatic rings. The van der Waals surface area contributed by atoms with E-state index in [-0.39, 0.29) is 5.56 Å². The van der Waals surface area contributed by atoms with Gasteiger partial charge in [-0.2, -0.15) is 0 Å². The minimum absolute atomic E-state index is 0.257. The predicted octanol–water partition coefficient (Wildman–Crippen LogP) is 4.34. The van der Waals surface area contributed by atoms with E-state index < -0.39 is 5.97 Å². The summed E-state index contributed by atoms with van der Waals surface area (Å²) in [5.41, 5.74) is 1.40. The van der Waals surface area contributed by atoms with Gasteiger partial charge in [0.1, 0.15) is 0 Å². The summed E-state index contributed by atoms with van der Waals surface area (Å²) in [6.45, 7) is 6.97. The predicted molar refractivity (Wildman–Crippen MR) is 95.3 cm³/mol. The van der Waals surface area contributed by atoms with Gasteiger partial charge in [0.2, 0.25) is 5.95 Å². The normalized spacial score (nSPS) is 21.6. The second-order valence-corrected chi connectivity index (χ2v) is 7.83. The largest absolute Gasteiger partial charge is 0.478 e. The molecule has 3 rings (SSSR count). The Morgan fingerprint density at radius 2 is 1.92 bits per heavy atom. The van der Waals surface area contributed by atoms with Gasteiger partial charge in [-0.05, 0) is 55.2 Å². The highest BCUT2D eigenvalue weighted by Gasteiger charge is 2.29. The molecular weight excluding hydrogens is 302 g/mol. The number of aromatic carboxylic acids is 1. The van der Waals surface area contributed by atoms with Crippen LogP contribution in [0.5, 0.6) is 0 Å². The second-order valence-electron chi connectivity index (χ2n) is 7.83. The molecule has 1 aromatic heterocycles. The molecule has 1 heterocycles. The van der Waals surface area contributed by atoms with Crippen molar-refractivity contribution >= 4 is 22.8 Å². The van der Waals surface area contributed by atoms with Crippen LogP contribution in [0.1, 0.15) is 56.8 Å². The molecule has 0 atom stereocenters. The minimum Gasteiger partial charge on any atom is -0.478 e. The standard InChI is InChI=1S/C19H25N3O2/c1-19(2,3)14-5-7-15(8-6-14)21-18-20-11-13-10-12(17(23)24)4-9-16(13)22-18/h4,9-11,14-15H,5-8H2,1-3H3,(H,23,24)(H,20,21,22). The number of fused-ring (bicyclic) bond motifs is 1. The van der Waals surface area contributed by atoms with Crippen molar-refractivity contribution in [3.63, 3.8) is 0 Å². The van der Waals surface area contributed by atoms with Crippen molar-refractivity contribution in [2.75, 3.05) is 5.32 Å². The molecule has 1 saturated carbocycles. The van der Waals surface area contributed by atoms with Gasteiger partial charge >= 0.3 is 5.97 Å². The molecule has 5 heteroatoms. The van der Waals surface area contributed by atoms with Gasteiger partial charge in [-0.1, -0.05) is 20.8 Å². The van der Waals surface area contributed by atoms with E-state index in [1.807, 2.05) is 0 Å². The van der Waals surface area contributed by atoms with Crippen molar-refractivity contribution in [1.29, 1.82) is 0 Å². The molecule has 2 aromatic rings. The lowest BCUT2D eigenvalue weighted by atomic mass is 9.71. The van der Waals surface area contributed by atoms with E-state index in [0.29, 0.717) is 17.4 Å². The third-order valence-electron chi connectivity index (χ3n) is 5.11. The highest BCUT2D eigenvalue weighted by atomic mass is 16.4. The molecule has 0 aliphatic heterocycles. The van der Waals surface area contributed by atoms with Gasteiger partial charge in [0.15, 0.2) is 0 Å². The summed E-state index contributed by atoms with van der Waals surface area (Å²) in [6.07, 6.45) is 6.44. The number of aromatic nitrogens is 2. The average Bonchev–Trinajstić information content (AvgIpc) is 2.54. The SMILES string of the molecule is CC(C)(C)C1CCC(Nc2ncc3cc(C(=O)O)ccc3n2)CC1. The number of hydrogen-bond acceptors (Lipinski definition) is 4. The summed E-state index contributed by atoms with van der Waals surface area (Å²) >= 11 is 0. The van der Waals surface area contributed by atoms with Crippen LogP contribution in [0.4, 0.5) is 5.95 Å². The van der Waals surface area contributed by atoms with Crippen LogP contribution in [0, 0.1) is 11.3 Å². The maximum atomic E-state index is 11.0. The fraction of sp³-hybridized carbons (Fsp3) is 0.526. The molecule has 2 N–H and O–H groups in total. The number of anilines is 1. The van der Waals surface area contributed by atoms with Crippen LogP contribution in [0.2, 0.25) is 0 Å². The summed E-state index contributed by atoms with van der Waals surface area (Å²) in [7, 11) is 0. The molecule has 0 radical (unpaired) electrons. The molecular formula is C19H25N3O2. The fourth-order valence-electron chi connectivity index (χ4n) is 3.52. The summed E-state index contributed by atoms with van der Waals surface area (Å²) in [5.74, 6) is 0.474. The number of rotatable bonds is 3. The number of benzene rings is 1. The van der Waals surface area contributed by atoms with Crippen molar-refractivity contribution < 1.29 is 9.90 Å². The number of carboxylic acids is 1. The van der Waals surface area contributed by atoms with Gasteiger partial charge < -0.3 is 10.4 Å². The molecule has 1 aliphatic carbocycles. The lowest BCUT2D eigenvalue weighted by molar-refractivity contribution is 0.0697. The quantitative estimate of drug-likeness (QED) is 0.877. The van der Waals surface area contributed by atoms with Crippen LogP contribution in [-0.2, 0) is 0 Å². The Bertz CT molecular complexity index is 744. The Balaban J connectivity index is 1.68. The first-order valence-electron chi connectivity index (χ1n) is 8.59. The Labute approximate surface area is 142 Å². The summed E-state index contributed by atoms with van der Waals surface area (Å²) < 4.78 is 0. The zero-order valence-corrected chi connectivity index (χ0v) is 14.5. The highest BCUT2D eigenvalue weighted by Crippen LogP contribution is 2.38. The van der Waals surface area contributed by atoms with E-state index in [4.69, 9.17) is 5.11 Å². The summed E-state index contributed by atoms with van der Waals surface area (Å²) in [5, 5.41) is 13.2. The van der Waals surface area contributed by atoms with Crippen LogP contribution in [0.25, 0.3) is 10.9 Å². The van der Waals surface area contributed by atoms with Gasteiger partial charge in [0.05, 0.1) is 11.1 Å². The summed E-state index contributed by atoms with van der Waals surface area (Å²) in [4.78, 5) is 19.9. The van der Waals surface area contributed by atoms with Crippen LogP contribution < -0.4 is 5.32 Å². The Morgan fingerprint density at radius 1 is 1.21 bits per heavy atom. The zero-order valence-electron chi connectivity index (χ0n) is 14.5. The Morgan fingerprint density at radius 3 is 2.54 bits per heavy atom. The van der Waals surface area contributed by atoms with E-state index in [2.05, 4.69) is 36.1 Å².